The van der Waals surface area contributed by atoms with E-state index in [4.69, 9.17) is 4.74 Å². The lowest BCUT2D eigenvalue weighted by molar-refractivity contribution is -0.146. The molecule has 1 fully saturated rings. The Balaban J connectivity index is 2.07. The summed E-state index contributed by atoms with van der Waals surface area (Å²) in [4.78, 5) is 23.4. The number of hydrogen-bond donors (Lipinski definition) is 2. The molecule has 1 aliphatic rings. The third-order valence-electron chi connectivity index (χ3n) is 3.78. The van der Waals surface area contributed by atoms with Crippen molar-refractivity contribution in [3.05, 3.63) is 35.9 Å². The van der Waals surface area contributed by atoms with Crippen LogP contribution in [-0.4, -0.2) is 29.6 Å². The third kappa shape index (κ3) is 3.42. The topological polar surface area (TPSA) is 75.6 Å². The second-order valence-corrected chi connectivity index (χ2v) is 5.16. The van der Waals surface area contributed by atoms with E-state index in [0.717, 1.165) is 18.4 Å². The predicted molar refractivity (Wildman–Crippen MR) is 79.0 cm³/mol. The molecular weight excluding hydrogens is 270 g/mol. The van der Waals surface area contributed by atoms with Crippen LogP contribution >= 0.6 is 0 Å². The number of carboxylic acids is 1. The van der Waals surface area contributed by atoms with Crippen LogP contribution in [0, 0.1) is 0 Å². The molecule has 0 saturated heterocycles. The van der Waals surface area contributed by atoms with Gasteiger partial charge in [-0.3, -0.25) is 4.79 Å². The lowest BCUT2D eigenvalue weighted by atomic mass is 9.98. The van der Waals surface area contributed by atoms with Gasteiger partial charge < -0.3 is 15.2 Å². The molecule has 0 aliphatic heterocycles. The Hall–Kier alpha value is -2.30. The van der Waals surface area contributed by atoms with Gasteiger partial charge in [0.25, 0.3) is 0 Å². The van der Waals surface area contributed by atoms with Crippen molar-refractivity contribution < 1.29 is 19.4 Å². The molecule has 0 radical (unpaired) electrons. The summed E-state index contributed by atoms with van der Waals surface area (Å²) >= 11 is 0. The van der Waals surface area contributed by atoms with Gasteiger partial charge >= 0.3 is 5.97 Å². The molecule has 5 heteroatoms. The fraction of sp³-hybridized carbons (Fsp3) is 0.375. The number of benzene rings is 1. The summed E-state index contributed by atoms with van der Waals surface area (Å²) in [5.74, 6) is -0.695. The van der Waals surface area contributed by atoms with Gasteiger partial charge in [-0.15, -0.1) is 0 Å². The van der Waals surface area contributed by atoms with Gasteiger partial charge in [-0.05, 0) is 25.0 Å². The average Bonchev–Trinajstić information content (AvgIpc) is 2.95. The standard InChI is InChI=1S/C16H19NO4/c1-21-13-7-3-2-6-12(13)8-9-14(18)17-16(15(19)20)10-4-5-11-16/h2-3,6-9H,4-5,10-11H2,1H3,(H,17,18)(H,19,20)/b9-8+. The lowest BCUT2D eigenvalue weighted by Gasteiger charge is -2.24. The van der Waals surface area contributed by atoms with Gasteiger partial charge in [-0.2, -0.15) is 0 Å². The van der Waals surface area contributed by atoms with Crippen molar-refractivity contribution in [3.63, 3.8) is 0 Å². The first-order valence-corrected chi connectivity index (χ1v) is 6.94. The lowest BCUT2D eigenvalue weighted by Crippen LogP contribution is -2.52. The molecule has 5 nitrogen and oxygen atoms in total. The number of nitrogens with one attached hydrogen (secondary N) is 1. The fourth-order valence-electron chi connectivity index (χ4n) is 2.62. The second kappa shape index (κ2) is 6.43. The maximum atomic E-state index is 12.0. The Bertz CT molecular complexity index is 559. The quantitative estimate of drug-likeness (QED) is 0.815. The number of carboxylic acid groups (broad SMARTS) is 1. The van der Waals surface area contributed by atoms with Gasteiger partial charge in [0.15, 0.2) is 0 Å². The maximum Gasteiger partial charge on any atom is 0.329 e. The molecule has 2 rings (SSSR count). The summed E-state index contributed by atoms with van der Waals surface area (Å²) in [7, 11) is 1.56. The first-order chi connectivity index (χ1) is 10.1. The molecule has 1 aliphatic carbocycles. The number of methoxy groups -OCH3 is 1. The zero-order chi connectivity index (χ0) is 15.3. The van der Waals surface area contributed by atoms with Crippen LogP contribution < -0.4 is 10.1 Å². The van der Waals surface area contributed by atoms with Gasteiger partial charge in [0, 0.05) is 11.6 Å². The Morgan fingerprint density at radius 2 is 1.95 bits per heavy atom. The van der Waals surface area contributed by atoms with E-state index in [1.165, 1.54) is 6.08 Å². The van der Waals surface area contributed by atoms with Crippen LogP contribution in [-0.2, 0) is 9.59 Å². The zero-order valence-corrected chi connectivity index (χ0v) is 12.0. The number of amides is 1. The minimum absolute atomic E-state index is 0.398. The molecule has 0 bridgehead atoms. The molecule has 1 saturated carbocycles. The molecule has 21 heavy (non-hydrogen) atoms. The first kappa shape index (κ1) is 15.1. The van der Waals surface area contributed by atoms with Gasteiger partial charge in [-0.25, -0.2) is 4.79 Å². The summed E-state index contributed by atoms with van der Waals surface area (Å²) in [6, 6.07) is 7.31. The highest BCUT2D eigenvalue weighted by atomic mass is 16.5. The minimum Gasteiger partial charge on any atom is -0.496 e. The Labute approximate surface area is 123 Å². The van der Waals surface area contributed by atoms with Gasteiger partial charge in [0.05, 0.1) is 7.11 Å². The van der Waals surface area contributed by atoms with E-state index in [1.54, 1.807) is 19.3 Å². The minimum atomic E-state index is -1.11. The smallest absolute Gasteiger partial charge is 0.329 e. The maximum absolute atomic E-state index is 12.0. The summed E-state index contributed by atoms with van der Waals surface area (Å²) in [6.45, 7) is 0. The normalized spacial score (nSPS) is 16.8. The number of carbonyl (C=O) groups is 2. The van der Waals surface area contributed by atoms with Crippen molar-refractivity contribution in [1.82, 2.24) is 5.32 Å². The van der Waals surface area contributed by atoms with Gasteiger partial charge in [-0.1, -0.05) is 31.0 Å². The van der Waals surface area contributed by atoms with E-state index < -0.39 is 17.4 Å². The largest absolute Gasteiger partial charge is 0.496 e. The predicted octanol–water partition coefficient (Wildman–Crippen LogP) is 2.22. The SMILES string of the molecule is COc1ccccc1/C=C/C(=O)NC1(C(=O)O)CCCC1. The summed E-state index contributed by atoms with van der Waals surface area (Å²) in [5.41, 5.74) is -0.340. The van der Waals surface area contributed by atoms with Crippen LogP contribution in [0.3, 0.4) is 0 Å². The van der Waals surface area contributed by atoms with Crippen molar-refractivity contribution in [3.8, 4) is 5.75 Å². The molecule has 1 aromatic rings. The highest BCUT2D eigenvalue weighted by molar-refractivity contribution is 5.96. The molecule has 0 unspecified atom stereocenters. The molecule has 1 aromatic carbocycles. The molecule has 112 valence electrons. The van der Waals surface area contributed by atoms with E-state index in [1.807, 2.05) is 18.2 Å². The van der Waals surface area contributed by atoms with E-state index in [9.17, 15) is 14.7 Å². The first-order valence-electron chi connectivity index (χ1n) is 6.94. The van der Waals surface area contributed by atoms with Gasteiger partial charge in [0.1, 0.15) is 11.3 Å². The van der Waals surface area contributed by atoms with Crippen LogP contribution in [0.15, 0.2) is 30.3 Å². The zero-order valence-electron chi connectivity index (χ0n) is 12.0. The molecule has 0 atom stereocenters. The number of aliphatic carboxylic acids is 1. The summed E-state index contributed by atoms with van der Waals surface area (Å²) < 4.78 is 5.19. The molecular formula is C16H19NO4. The van der Waals surface area contributed by atoms with Gasteiger partial charge in [0.2, 0.25) is 5.91 Å². The van der Waals surface area contributed by atoms with Crippen LogP contribution in [0.2, 0.25) is 0 Å². The van der Waals surface area contributed by atoms with E-state index >= 15 is 0 Å². The average molecular weight is 289 g/mol. The molecule has 2 N–H and O–H groups in total. The van der Waals surface area contributed by atoms with Crippen molar-refractivity contribution in [2.75, 3.05) is 7.11 Å². The van der Waals surface area contributed by atoms with Crippen molar-refractivity contribution >= 4 is 18.0 Å². The number of para-hydroxylation sites is 1. The number of carbonyl (C=O) groups excluding carboxylic acids is 1. The molecule has 0 heterocycles. The Morgan fingerprint density at radius 3 is 2.57 bits per heavy atom. The van der Waals surface area contributed by atoms with Crippen molar-refractivity contribution in [2.45, 2.75) is 31.2 Å². The van der Waals surface area contributed by atoms with E-state index in [2.05, 4.69) is 5.32 Å². The van der Waals surface area contributed by atoms with E-state index in [-0.39, 0.29) is 0 Å². The Kier molecular flexibility index (Phi) is 4.62. The molecule has 0 spiro atoms. The fourth-order valence-corrected chi connectivity index (χ4v) is 2.62. The highest BCUT2D eigenvalue weighted by Gasteiger charge is 2.42. The van der Waals surface area contributed by atoms with Crippen LogP contribution in [0.1, 0.15) is 31.2 Å². The highest BCUT2D eigenvalue weighted by Crippen LogP contribution is 2.30. The van der Waals surface area contributed by atoms with Crippen molar-refractivity contribution in [1.29, 1.82) is 0 Å². The summed E-state index contributed by atoms with van der Waals surface area (Å²) in [6.07, 6.45) is 5.58. The van der Waals surface area contributed by atoms with E-state index in [0.29, 0.717) is 18.6 Å². The molecule has 1 amide bonds. The van der Waals surface area contributed by atoms with Crippen LogP contribution in [0.5, 0.6) is 5.75 Å². The second-order valence-electron chi connectivity index (χ2n) is 5.16. The third-order valence-corrected chi connectivity index (χ3v) is 3.78. The van der Waals surface area contributed by atoms with Crippen molar-refractivity contribution in [2.24, 2.45) is 0 Å². The summed E-state index contributed by atoms with van der Waals surface area (Å²) in [5, 5.41) is 12.0. The van der Waals surface area contributed by atoms with Crippen LogP contribution in [0.25, 0.3) is 6.08 Å². The number of hydrogen-bond acceptors (Lipinski definition) is 3. The van der Waals surface area contributed by atoms with Crippen LogP contribution in [0.4, 0.5) is 0 Å². The monoisotopic (exact) mass is 289 g/mol. The molecule has 0 aromatic heterocycles. The Morgan fingerprint density at radius 1 is 1.29 bits per heavy atom. The number of rotatable bonds is 5. The number of ether oxygens (including phenoxy) is 1.